The molecule has 0 radical (unpaired) electrons. The number of rotatable bonds is 3. The van der Waals surface area contributed by atoms with Crippen LogP contribution in [0.5, 0.6) is 0 Å². The largest absolute Gasteiger partial charge is 0.322 e. The van der Waals surface area contributed by atoms with E-state index < -0.39 is 0 Å². The predicted molar refractivity (Wildman–Crippen MR) is 70.4 cm³/mol. The fraction of sp³-hybridized carbons (Fsp3) is 0.500. The van der Waals surface area contributed by atoms with Crippen molar-refractivity contribution in [1.29, 1.82) is 0 Å². The summed E-state index contributed by atoms with van der Waals surface area (Å²) in [6.45, 7) is 8.13. The molecule has 0 atom stereocenters. The maximum absolute atomic E-state index is 11.7. The highest BCUT2D eigenvalue weighted by Gasteiger charge is 2.13. The minimum atomic E-state index is -0.127. The maximum atomic E-state index is 11.7. The second kappa shape index (κ2) is 5.47. The van der Waals surface area contributed by atoms with E-state index >= 15 is 0 Å². The number of amides is 1. The van der Waals surface area contributed by atoms with Gasteiger partial charge < -0.3 is 10.6 Å². The highest BCUT2D eigenvalue weighted by Crippen LogP contribution is 2.22. The van der Waals surface area contributed by atoms with Gasteiger partial charge in [0.05, 0.1) is 12.2 Å². The predicted octanol–water partition coefficient (Wildman–Crippen LogP) is 2.37. The van der Waals surface area contributed by atoms with Crippen molar-refractivity contribution in [1.82, 2.24) is 10.3 Å². The summed E-state index contributed by atoms with van der Waals surface area (Å²) in [4.78, 5) is 15.6. The Hall–Kier alpha value is -1.13. The molecule has 17 heavy (non-hydrogen) atoms. The number of nitrogens with zero attached hydrogens (tertiary/aromatic N) is 1. The van der Waals surface area contributed by atoms with E-state index in [-0.39, 0.29) is 18.0 Å². The van der Waals surface area contributed by atoms with Crippen LogP contribution in [0.1, 0.15) is 26.3 Å². The highest BCUT2D eigenvalue weighted by atomic mass is 35.5. The molecule has 1 rings (SSSR count). The lowest BCUT2D eigenvalue weighted by atomic mass is 10.1. The molecule has 0 bridgehead atoms. The second-order valence-corrected chi connectivity index (χ2v) is 5.30. The van der Waals surface area contributed by atoms with Crippen LogP contribution in [0.4, 0.5) is 5.69 Å². The number of anilines is 1. The van der Waals surface area contributed by atoms with Crippen molar-refractivity contribution in [2.45, 2.75) is 33.2 Å². The summed E-state index contributed by atoms with van der Waals surface area (Å²) in [7, 11) is 0. The molecule has 1 heterocycles. The van der Waals surface area contributed by atoms with Gasteiger partial charge in [-0.15, -0.1) is 0 Å². The number of hydrogen-bond donors (Lipinski definition) is 2. The zero-order valence-corrected chi connectivity index (χ0v) is 11.4. The zero-order valence-electron chi connectivity index (χ0n) is 10.6. The van der Waals surface area contributed by atoms with Crippen molar-refractivity contribution >= 4 is 23.2 Å². The fourth-order valence-electron chi connectivity index (χ4n) is 1.20. The molecule has 0 saturated carbocycles. The minimum absolute atomic E-state index is 0.0921. The Labute approximate surface area is 107 Å². The molecule has 5 heteroatoms. The molecule has 0 aliphatic carbocycles. The lowest BCUT2D eigenvalue weighted by Gasteiger charge is -2.20. The van der Waals surface area contributed by atoms with Gasteiger partial charge in [-0.05, 0) is 39.3 Å². The molecular weight excluding hydrogens is 238 g/mol. The monoisotopic (exact) mass is 255 g/mol. The van der Waals surface area contributed by atoms with Crippen LogP contribution in [-0.2, 0) is 4.79 Å². The Balaban J connectivity index is 2.63. The number of aryl methyl sites for hydroxylation is 1. The van der Waals surface area contributed by atoms with E-state index in [0.717, 1.165) is 5.56 Å². The zero-order chi connectivity index (χ0) is 13.1. The molecule has 94 valence electrons. The summed E-state index contributed by atoms with van der Waals surface area (Å²) in [5.74, 6) is -0.127. The van der Waals surface area contributed by atoms with Crippen LogP contribution in [0, 0.1) is 6.92 Å². The van der Waals surface area contributed by atoms with Crippen LogP contribution in [0.3, 0.4) is 0 Å². The number of aromatic nitrogens is 1. The second-order valence-electron chi connectivity index (χ2n) is 4.95. The topological polar surface area (TPSA) is 54.0 Å². The van der Waals surface area contributed by atoms with Gasteiger partial charge in [-0.3, -0.25) is 4.79 Å². The van der Waals surface area contributed by atoms with E-state index in [9.17, 15) is 4.79 Å². The van der Waals surface area contributed by atoms with Crippen molar-refractivity contribution < 1.29 is 4.79 Å². The van der Waals surface area contributed by atoms with Gasteiger partial charge in [0.1, 0.15) is 0 Å². The molecule has 0 aliphatic heterocycles. The fourth-order valence-corrected chi connectivity index (χ4v) is 1.46. The minimum Gasteiger partial charge on any atom is -0.322 e. The van der Waals surface area contributed by atoms with E-state index in [4.69, 9.17) is 11.6 Å². The molecule has 0 aromatic carbocycles. The Morgan fingerprint density at radius 3 is 2.65 bits per heavy atom. The van der Waals surface area contributed by atoms with E-state index in [2.05, 4.69) is 15.6 Å². The Morgan fingerprint density at radius 1 is 1.47 bits per heavy atom. The molecular formula is C12H18ClN3O. The first-order valence-corrected chi connectivity index (χ1v) is 5.83. The van der Waals surface area contributed by atoms with Gasteiger partial charge in [0.25, 0.3) is 0 Å². The summed E-state index contributed by atoms with van der Waals surface area (Å²) in [6.07, 6.45) is 1.61. The lowest BCUT2D eigenvalue weighted by Crippen LogP contribution is -2.41. The first-order chi connectivity index (χ1) is 7.79. The Morgan fingerprint density at radius 2 is 2.12 bits per heavy atom. The Kier molecular flexibility index (Phi) is 4.48. The average molecular weight is 256 g/mol. The molecule has 2 N–H and O–H groups in total. The van der Waals surface area contributed by atoms with Gasteiger partial charge >= 0.3 is 0 Å². The normalized spacial score (nSPS) is 11.4. The molecule has 4 nitrogen and oxygen atoms in total. The molecule has 0 spiro atoms. The lowest BCUT2D eigenvalue weighted by molar-refractivity contribution is -0.115. The van der Waals surface area contributed by atoms with Crippen molar-refractivity contribution in [3.63, 3.8) is 0 Å². The van der Waals surface area contributed by atoms with Gasteiger partial charge in [0.2, 0.25) is 5.91 Å². The van der Waals surface area contributed by atoms with Crippen molar-refractivity contribution in [2.24, 2.45) is 0 Å². The quantitative estimate of drug-likeness (QED) is 0.816. The first kappa shape index (κ1) is 13.9. The SMILES string of the molecule is Cc1ccnc(Cl)c1NC(=O)CNC(C)(C)C. The van der Waals surface area contributed by atoms with Gasteiger partial charge in [-0.2, -0.15) is 0 Å². The number of pyridine rings is 1. The molecule has 1 aromatic rings. The van der Waals surface area contributed by atoms with Crippen molar-refractivity contribution in [3.8, 4) is 0 Å². The molecule has 0 unspecified atom stereocenters. The molecule has 1 amide bonds. The van der Waals surface area contributed by atoms with Crippen LogP contribution in [-0.4, -0.2) is 23.0 Å². The van der Waals surface area contributed by atoms with Crippen LogP contribution in [0.2, 0.25) is 5.15 Å². The standard InChI is InChI=1S/C12H18ClN3O/c1-8-5-6-14-11(13)10(8)16-9(17)7-15-12(2,3)4/h5-6,15H,7H2,1-4H3,(H,16,17). The molecule has 0 saturated heterocycles. The van der Waals surface area contributed by atoms with Crippen LogP contribution < -0.4 is 10.6 Å². The number of hydrogen-bond acceptors (Lipinski definition) is 3. The third kappa shape index (κ3) is 4.71. The molecule has 0 fully saturated rings. The maximum Gasteiger partial charge on any atom is 0.238 e. The number of halogens is 1. The van der Waals surface area contributed by atoms with Gasteiger partial charge in [0.15, 0.2) is 5.15 Å². The van der Waals surface area contributed by atoms with Crippen molar-refractivity contribution in [2.75, 3.05) is 11.9 Å². The third-order valence-electron chi connectivity index (χ3n) is 2.16. The van der Waals surface area contributed by atoms with Gasteiger partial charge in [0, 0.05) is 11.7 Å². The average Bonchev–Trinajstić information content (AvgIpc) is 2.20. The summed E-state index contributed by atoms with van der Waals surface area (Å²) in [6, 6.07) is 1.80. The number of carbonyl (C=O) groups is 1. The summed E-state index contributed by atoms with van der Waals surface area (Å²) in [5, 5.41) is 6.17. The van der Waals surface area contributed by atoms with Crippen LogP contribution in [0.15, 0.2) is 12.3 Å². The van der Waals surface area contributed by atoms with E-state index in [0.29, 0.717) is 10.8 Å². The highest BCUT2D eigenvalue weighted by molar-refractivity contribution is 6.32. The van der Waals surface area contributed by atoms with E-state index in [1.54, 1.807) is 12.3 Å². The number of nitrogens with one attached hydrogen (secondary N) is 2. The van der Waals surface area contributed by atoms with Crippen molar-refractivity contribution in [3.05, 3.63) is 23.0 Å². The third-order valence-corrected chi connectivity index (χ3v) is 2.44. The van der Waals surface area contributed by atoms with Gasteiger partial charge in [-0.25, -0.2) is 4.98 Å². The number of carbonyl (C=O) groups excluding carboxylic acids is 1. The van der Waals surface area contributed by atoms with Crippen LogP contribution >= 0.6 is 11.6 Å². The molecule has 0 aliphatic rings. The van der Waals surface area contributed by atoms with E-state index in [1.807, 2.05) is 27.7 Å². The summed E-state index contributed by atoms with van der Waals surface area (Å²) in [5.41, 5.74) is 1.38. The summed E-state index contributed by atoms with van der Waals surface area (Å²) >= 11 is 5.92. The first-order valence-electron chi connectivity index (χ1n) is 5.45. The van der Waals surface area contributed by atoms with Gasteiger partial charge in [-0.1, -0.05) is 11.6 Å². The summed E-state index contributed by atoms with van der Waals surface area (Å²) < 4.78 is 0. The Bertz CT molecular complexity index is 392. The van der Waals surface area contributed by atoms with Crippen LogP contribution in [0.25, 0.3) is 0 Å². The van der Waals surface area contributed by atoms with E-state index in [1.165, 1.54) is 0 Å². The smallest absolute Gasteiger partial charge is 0.238 e. The molecule has 1 aromatic heterocycles.